The molecule has 0 N–H and O–H groups in total. The smallest absolute Gasteiger partial charge is 0.0991 e. The van der Waals surface area contributed by atoms with Crippen LogP contribution < -0.4 is 0 Å². The fraction of sp³-hybridized carbons (Fsp3) is 0.222. The van der Waals surface area contributed by atoms with E-state index in [9.17, 15) is 0 Å². The Hall–Kier alpha value is -2.60. The van der Waals surface area contributed by atoms with E-state index in [1.165, 1.54) is 5.56 Å². The van der Waals surface area contributed by atoms with Crippen LogP contribution in [0.4, 0.5) is 0 Å². The second-order valence-electron chi connectivity index (χ2n) is 5.69. The standard InChI is InChI=1S/C18H17N3/c1-13(2)10-15-4-3-5-16-12-21(20-18(15)16)17-8-6-14(11-19)7-9-17/h3-9,12-13H,10H2,1-2H3. The summed E-state index contributed by atoms with van der Waals surface area (Å²) in [4.78, 5) is 0. The second-order valence-corrected chi connectivity index (χ2v) is 5.69. The first-order valence-electron chi connectivity index (χ1n) is 7.15. The SMILES string of the molecule is CC(C)Cc1cccc2cn(-c3ccc(C#N)cc3)nc12. The van der Waals surface area contributed by atoms with Crippen LogP contribution in [0.25, 0.3) is 16.6 Å². The number of fused-ring (bicyclic) bond motifs is 1. The van der Waals surface area contributed by atoms with Gasteiger partial charge in [0.1, 0.15) is 0 Å². The first-order chi connectivity index (χ1) is 10.2. The lowest BCUT2D eigenvalue weighted by Gasteiger charge is -2.05. The molecule has 0 aliphatic heterocycles. The van der Waals surface area contributed by atoms with Crippen molar-refractivity contribution in [1.29, 1.82) is 5.26 Å². The average Bonchev–Trinajstić information content (AvgIpc) is 2.92. The number of nitrogens with zero attached hydrogens (tertiary/aromatic N) is 3. The average molecular weight is 275 g/mol. The van der Waals surface area contributed by atoms with Crippen molar-refractivity contribution in [1.82, 2.24) is 9.78 Å². The van der Waals surface area contributed by atoms with Crippen LogP contribution in [0.5, 0.6) is 0 Å². The number of hydrogen-bond donors (Lipinski definition) is 0. The third kappa shape index (κ3) is 2.66. The van der Waals surface area contributed by atoms with Crippen LogP contribution in [-0.2, 0) is 6.42 Å². The summed E-state index contributed by atoms with van der Waals surface area (Å²) in [6.07, 6.45) is 3.07. The summed E-state index contributed by atoms with van der Waals surface area (Å²) in [5.74, 6) is 0.607. The van der Waals surface area contributed by atoms with Crippen LogP contribution in [-0.4, -0.2) is 9.78 Å². The van der Waals surface area contributed by atoms with Gasteiger partial charge in [-0.05, 0) is 42.2 Å². The molecule has 0 aliphatic rings. The van der Waals surface area contributed by atoms with Gasteiger partial charge in [0.25, 0.3) is 0 Å². The number of nitriles is 1. The van der Waals surface area contributed by atoms with Gasteiger partial charge in [-0.2, -0.15) is 10.4 Å². The lowest BCUT2D eigenvalue weighted by molar-refractivity contribution is 0.649. The lowest BCUT2D eigenvalue weighted by atomic mass is 10.0. The maximum absolute atomic E-state index is 8.86. The maximum Gasteiger partial charge on any atom is 0.0991 e. The number of hydrogen-bond acceptors (Lipinski definition) is 2. The fourth-order valence-corrected chi connectivity index (χ4v) is 2.53. The summed E-state index contributed by atoms with van der Waals surface area (Å²) in [6, 6.07) is 15.9. The van der Waals surface area contributed by atoms with Gasteiger partial charge in [0.2, 0.25) is 0 Å². The van der Waals surface area contributed by atoms with Gasteiger partial charge in [0.05, 0.1) is 22.8 Å². The van der Waals surface area contributed by atoms with Crippen molar-refractivity contribution in [2.75, 3.05) is 0 Å². The van der Waals surface area contributed by atoms with Gasteiger partial charge in [-0.25, -0.2) is 4.68 Å². The molecular formula is C18H17N3. The Kier molecular flexibility index (Phi) is 3.45. The van der Waals surface area contributed by atoms with Gasteiger partial charge in [-0.3, -0.25) is 0 Å². The highest BCUT2D eigenvalue weighted by Crippen LogP contribution is 2.22. The van der Waals surface area contributed by atoms with E-state index < -0.39 is 0 Å². The highest BCUT2D eigenvalue weighted by Gasteiger charge is 2.08. The molecule has 0 aliphatic carbocycles. The molecule has 0 spiro atoms. The van der Waals surface area contributed by atoms with Crippen LogP contribution in [0.3, 0.4) is 0 Å². The van der Waals surface area contributed by atoms with Crippen LogP contribution in [0.1, 0.15) is 25.0 Å². The lowest BCUT2D eigenvalue weighted by Crippen LogP contribution is -1.97. The molecule has 0 radical (unpaired) electrons. The predicted octanol–water partition coefficient (Wildman–Crippen LogP) is 4.10. The Bertz CT molecular complexity index is 805. The molecule has 3 heteroatoms. The Morgan fingerprint density at radius 1 is 1.14 bits per heavy atom. The van der Waals surface area contributed by atoms with Gasteiger partial charge in [-0.15, -0.1) is 0 Å². The Morgan fingerprint density at radius 3 is 2.57 bits per heavy atom. The molecule has 0 atom stereocenters. The topological polar surface area (TPSA) is 41.6 Å². The minimum Gasteiger partial charge on any atom is -0.240 e. The van der Waals surface area contributed by atoms with E-state index in [-0.39, 0.29) is 0 Å². The van der Waals surface area contributed by atoms with Crippen molar-refractivity contribution in [3.05, 3.63) is 59.8 Å². The first-order valence-corrected chi connectivity index (χ1v) is 7.15. The molecule has 0 bridgehead atoms. The van der Waals surface area contributed by atoms with E-state index in [1.54, 1.807) is 0 Å². The molecule has 2 aromatic carbocycles. The van der Waals surface area contributed by atoms with Gasteiger partial charge < -0.3 is 0 Å². The zero-order valence-electron chi connectivity index (χ0n) is 12.2. The van der Waals surface area contributed by atoms with E-state index in [0.29, 0.717) is 11.5 Å². The predicted molar refractivity (Wildman–Crippen MR) is 84.3 cm³/mol. The molecule has 104 valence electrons. The Morgan fingerprint density at radius 2 is 1.90 bits per heavy atom. The zero-order chi connectivity index (χ0) is 14.8. The molecule has 0 unspecified atom stereocenters. The van der Waals surface area contributed by atoms with Gasteiger partial charge in [-0.1, -0.05) is 32.0 Å². The van der Waals surface area contributed by atoms with E-state index in [1.807, 2.05) is 35.1 Å². The van der Waals surface area contributed by atoms with E-state index in [0.717, 1.165) is 23.0 Å². The highest BCUT2D eigenvalue weighted by atomic mass is 15.3. The molecule has 0 amide bonds. The zero-order valence-corrected chi connectivity index (χ0v) is 12.2. The molecule has 1 aromatic heterocycles. The Balaban J connectivity index is 2.06. The van der Waals surface area contributed by atoms with Crippen molar-refractivity contribution in [3.8, 4) is 11.8 Å². The summed E-state index contributed by atoms with van der Waals surface area (Å²) in [7, 11) is 0. The summed E-state index contributed by atoms with van der Waals surface area (Å²) in [6.45, 7) is 4.44. The third-order valence-electron chi connectivity index (χ3n) is 3.51. The normalized spacial score (nSPS) is 11.0. The molecule has 1 heterocycles. The third-order valence-corrected chi connectivity index (χ3v) is 3.51. The summed E-state index contributed by atoms with van der Waals surface area (Å²) in [5, 5.41) is 14.7. The Labute approximate surface area is 124 Å². The van der Waals surface area contributed by atoms with Crippen molar-refractivity contribution in [3.63, 3.8) is 0 Å². The highest BCUT2D eigenvalue weighted by molar-refractivity contribution is 5.82. The largest absolute Gasteiger partial charge is 0.240 e. The molecule has 0 fully saturated rings. The molecule has 0 saturated heterocycles. The molecule has 3 rings (SSSR count). The molecule has 3 aromatic rings. The van der Waals surface area contributed by atoms with Crippen LogP contribution >= 0.6 is 0 Å². The minimum atomic E-state index is 0.607. The monoisotopic (exact) mass is 275 g/mol. The number of rotatable bonds is 3. The number of benzene rings is 2. The fourth-order valence-electron chi connectivity index (χ4n) is 2.53. The molecular weight excluding hydrogens is 258 g/mol. The second kappa shape index (κ2) is 5.41. The van der Waals surface area contributed by atoms with Crippen molar-refractivity contribution in [2.45, 2.75) is 20.3 Å². The van der Waals surface area contributed by atoms with Gasteiger partial charge in [0.15, 0.2) is 0 Å². The van der Waals surface area contributed by atoms with Crippen LogP contribution in [0, 0.1) is 17.2 Å². The molecule has 21 heavy (non-hydrogen) atoms. The quantitative estimate of drug-likeness (QED) is 0.722. The van der Waals surface area contributed by atoms with E-state index in [4.69, 9.17) is 10.4 Å². The van der Waals surface area contributed by atoms with Crippen molar-refractivity contribution in [2.24, 2.45) is 5.92 Å². The van der Waals surface area contributed by atoms with Gasteiger partial charge in [0, 0.05) is 11.6 Å². The van der Waals surface area contributed by atoms with Gasteiger partial charge >= 0.3 is 0 Å². The van der Waals surface area contributed by atoms with E-state index >= 15 is 0 Å². The van der Waals surface area contributed by atoms with Crippen LogP contribution in [0.2, 0.25) is 0 Å². The summed E-state index contributed by atoms with van der Waals surface area (Å²) in [5.41, 5.74) is 3.99. The number of aromatic nitrogens is 2. The summed E-state index contributed by atoms with van der Waals surface area (Å²) < 4.78 is 1.88. The van der Waals surface area contributed by atoms with Crippen molar-refractivity contribution < 1.29 is 0 Å². The van der Waals surface area contributed by atoms with E-state index in [2.05, 4.69) is 38.1 Å². The van der Waals surface area contributed by atoms with Crippen molar-refractivity contribution >= 4 is 10.9 Å². The maximum atomic E-state index is 8.86. The summed E-state index contributed by atoms with van der Waals surface area (Å²) >= 11 is 0. The minimum absolute atomic E-state index is 0.607. The van der Waals surface area contributed by atoms with Crippen LogP contribution in [0.15, 0.2) is 48.7 Å². The molecule has 0 saturated carbocycles. The first kappa shape index (κ1) is 13.4. The molecule has 3 nitrogen and oxygen atoms in total.